The molecule has 2 aliphatic heterocycles. The van der Waals surface area contributed by atoms with E-state index in [2.05, 4.69) is 63.0 Å². The van der Waals surface area contributed by atoms with Crippen molar-refractivity contribution in [3.05, 3.63) is 65.7 Å². The fraction of sp³-hybridized carbons (Fsp3) is 0.318. The highest BCUT2D eigenvalue weighted by molar-refractivity contribution is 5.79. The van der Waals surface area contributed by atoms with Gasteiger partial charge in [-0.15, -0.1) is 0 Å². The number of fused-ring (bicyclic) bond motifs is 1. The van der Waals surface area contributed by atoms with E-state index < -0.39 is 0 Å². The predicted octanol–water partition coefficient (Wildman–Crippen LogP) is 2.70. The van der Waals surface area contributed by atoms with Gasteiger partial charge in [-0.2, -0.15) is 0 Å². The topological polar surface area (TPSA) is 58.1 Å². The smallest absolute Gasteiger partial charge is 0.231 e. The molecule has 6 heteroatoms. The van der Waals surface area contributed by atoms with Gasteiger partial charge in [0, 0.05) is 38.9 Å². The maximum atomic E-state index is 5.43. The molecule has 0 fully saturated rings. The Morgan fingerprint density at radius 2 is 1.71 bits per heavy atom. The van der Waals surface area contributed by atoms with Gasteiger partial charge in [-0.1, -0.05) is 30.4 Å². The predicted molar refractivity (Wildman–Crippen MR) is 112 cm³/mol. The van der Waals surface area contributed by atoms with Crippen LogP contribution in [0.4, 0.5) is 5.69 Å². The zero-order valence-electron chi connectivity index (χ0n) is 16.1. The maximum absolute atomic E-state index is 5.43. The minimum atomic E-state index is 0.309. The first kappa shape index (κ1) is 18.2. The van der Waals surface area contributed by atoms with Crippen molar-refractivity contribution in [3.63, 3.8) is 0 Å². The van der Waals surface area contributed by atoms with Gasteiger partial charge in [0.05, 0.1) is 0 Å². The van der Waals surface area contributed by atoms with Gasteiger partial charge in [0.15, 0.2) is 17.5 Å². The summed E-state index contributed by atoms with van der Waals surface area (Å²) in [6.07, 6.45) is 5.29. The third-order valence-corrected chi connectivity index (χ3v) is 4.95. The zero-order valence-corrected chi connectivity index (χ0v) is 16.1. The average Bonchev–Trinajstić information content (AvgIpc) is 3.42. The first-order chi connectivity index (χ1) is 13.8. The molecule has 6 nitrogen and oxygen atoms in total. The molecule has 2 aromatic rings. The quantitative estimate of drug-likeness (QED) is 0.460. The molecule has 4 rings (SSSR count). The minimum absolute atomic E-state index is 0.309. The molecule has 0 saturated heterocycles. The second kappa shape index (κ2) is 8.69. The van der Waals surface area contributed by atoms with E-state index in [0.717, 1.165) is 50.1 Å². The molecule has 0 spiro atoms. The molecular weight excluding hydrogens is 352 g/mol. The SMILES string of the molecule is CN=C(NCCc1ccc2c(c1)OCO2)NCc1ccc(N2CC=CC2)cc1. The number of guanidine groups is 1. The van der Waals surface area contributed by atoms with Gasteiger partial charge in [0.2, 0.25) is 6.79 Å². The van der Waals surface area contributed by atoms with Gasteiger partial charge in [0.1, 0.15) is 0 Å². The van der Waals surface area contributed by atoms with Crippen LogP contribution in [0.15, 0.2) is 59.6 Å². The molecule has 0 aliphatic carbocycles. The summed E-state index contributed by atoms with van der Waals surface area (Å²) in [7, 11) is 1.79. The van der Waals surface area contributed by atoms with E-state index in [0.29, 0.717) is 6.79 Å². The zero-order chi connectivity index (χ0) is 19.2. The molecule has 0 aromatic heterocycles. The molecule has 2 heterocycles. The van der Waals surface area contributed by atoms with Gasteiger partial charge >= 0.3 is 0 Å². The number of aliphatic imine (C=N–C) groups is 1. The Morgan fingerprint density at radius 1 is 0.964 bits per heavy atom. The Morgan fingerprint density at radius 3 is 2.50 bits per heavy atom. The first-order valence-electron chi connectivity index (χ1n) is 9.64. The lowest BCUT2D eigenvalue weighted by atomic mass is 10.1. The molecule has 0 amide bonds. The van der Waals surface area contributed by atoms with E-state index in [9.17, 15) is 0 Å². The van der Waals surface area contributed by atoms with E-state index >= 15 is 0 Å². The summed E-state index contributed by atoms with van der Waals surface area (Å²) in [5, 5.41) is 6.73. The third kappa shape index (κ3) is 4.39. The number of ether oxygens (including phenoxy) is 2. The summed E-state index contributed by atoms with van der Waals surface area (Å²) in [6, 6.07) is 14.8. The number of nitrogens with one attached hydrogen (secondary N) is 2. The van der Waals surface area contributed by atoms with Crippen LogP contribution in [0.5, 0.6) is 11.5 Å². The number of nitrogens with zero attached hydrogens (tertiary/aromatic N) is 2. The number of rotatable bonds is 6. The lowest BCUT2D eigenvalue weighted by Crippen LogP contribution is -2.37. The highest BCUT2D eigenvalue weighted by Gasteiger charge is 2.13. The van der Waals surface area contributed by atoms with Crippen molar-refractivity contribution in [2.24, 2.45) is 4.99 Å². The van der Waals surface area contributed by atoms with Crippen LogP contribution < -0.4 is 25.0 Å². The molecule has 28 heavy (non-hydrogen) atoms. The first-order valence-corrected chi connectivity index (χ1v) is 9.64. The molecular formula is C22H26N4O2. The van der Waals surface area contributed by atoms with Crippen LogP contribution in [-0.4, -0.2) is 39.4 Å². The molecule has 2 aromatic carbocycles. The molecule has 2 N–H and O–H groups in total. The van der Waals surface area contributed by atoms with Gasteiger partial charge in [-0.05, 0) is 41.8 Å². The number of hydrogen-bond donors (Lipinski definition) is 2. The molecule has 146 valence electrons. The van der Waals surface area contributed by atoms with Crippen LogP contribution in [0.1, 0.15) is 11.1 Å². The van der Waals surface area contributed by atoms with Crippen LogP contribution >= 0.6 is 0 Å². The van der Waals surface area contributed by atoms with E-state index in [4.69, 9.17) is 9.47 Å². The molecule has 0 unspecified atom stereocenters. The lowest BCUT2D eigenvalue weighted by Gasteiger charge is -2.18. The molecule has 2 aliphatic rings. The summed E-state index contributed by atoms with van der Waals surface area (Å²) < 4.78 is 10.8. The van der Waals surface area contributed by atoms with Gasteiger partial charge in [-0.3, -0.25) is 4.99 Å². The van der Waals surface area contributed by atoms with Crippen molar-refractivity contribution >= 4 is 11.6 Å². The second-order valence-corrected chi connectivity index (χ2v) is 6.83. The average molecular weight is 378 g/mol. The summed E-state index contributed by atoms with van der Waals surface area (Å²) in [5.74, 6) is 2.45. The van der Waals surface area contributed by atoms with E-state index in [1.807, 2.05) is 12.1 Å². The fourth-order valence-corrected chi connectivity index (χ4v) is 3.34. The summed E-state index contributed by atoms with van der Waals surface area (Å²) in [4.78, 5) is 6.65. The second-order valence-electron chi connectivity index (χ2n) is 6.83. The largest absolute Gasteiger partial charge is 0.454 e. The van der Waals surface area contributed by atoms with Crippen molar-refractivity contribution < 1.29 is 9.47 Å². The lowest BCUT2D eigenvalue weighted by molar-refractivity contribution is 0.174. The Balaban J connectivity index is 1.22. The normalized spacial score (nSPS) is 15.2. The van der Waals surface area contributed by atoms with Crippen LogP contribution in [0.3, 0.4) is 0 Å². The van der Waals surface area contributed by atoms with Crippen molar-refractivity contribution in [2.75, 3.05) is 38.4 Å². The molecule has 0 saturated carbocycles. The van der Waals surface area contributed by atoms with E-state index in [1.54, 1.807) is 7.05 Å². The molecule has 0 radical (unpaired) electrons. The van der Waals surface area contributed by atoms with E-state index in [-0.39, 0.29) is 0 Å². The summed E-state index contributed by atoms with van der Waals surface area (Å²) in [6.45, 7) is 3.83. The van der Waals surface area contributed by atoms with E-state index in [1.165, 1.54) is 16.8 Å². The van der Waals surface area contributed by atoms with Gasteiger partial charge in [-0.25, -0.2) is 0 Å². The highest BCUT2D eigenvalue weighted by atomic mass is 16.7. The number of hydrogen-bond acceptors (Lipinski definition) is 4. The Kier molecular flexibility index (Phi) is 5.66. The number of benzene rings is 2. The van der Waals surface area contributed by atoms with Crippen molar-refractivity contribution in [1.82, 2.24) is 10.6 Å². The molecule has 0 atom stereocenters. The summed E-state index contributed by atoms with van der Waals surface area (Å²) in [5.41, 5.74) is 3.70. The monoisotopic (exact) mass is 378 g/mol. The fourth-order valence-electron chi connectivity index (χ4n) is 3.34. The number of anilines is 1. The van der Waals surface area contributed by atoms with Crippen LogP contribution in [0, 0.1) is 0 Å². The Hall–Kier alpha value is -3.15. The Labute approximate surface area is 165 Å². The summed E-state index contributed by atoms with van der Waals surface area (Å²) >= 11 is 0. The van der Waals surface area contributed by atoms with Gasteiger partial charge < -0.3 is 25.0 Å². The minimum Gasteiger partial charge on any atom is -0.454 e. The van der Waals surface area contributed by atoms with Crippen molar-refractivity contribution in [2.45, 2.75) is 13.0 Å². The van der Waals surface area contributed by atoms with Crippen molar-refractivity contribution in [3.8, 4) is 11.5 Å². The van der Waals surface area contributed by atoms with Gasteiger partial charge in [0.25, 0.3) is 0 Å². The maximum Gasteiger partial charge on any atom is 0.231 e. The Bertz CT molecular complexity index is 853. The van der Waals surface area contributed by atoms with Crippen molar-refractivity contribution in [1.29, 1.82) is 0 Å². The third-order valence-electron chi connectivity index (χ3n) is 4.95. The standard InChI is InChI=1S/C22H26N4O2/c1-23-22(24-11-10-17-6-9-20-21(14-17)28-16-27-20)25-15-18-4-7-19(8-5-18)26-12-2-3-13-26/h2-9,14H,10-13,15-16H2,1H3,(H2,23,24,25). The van der Waals surface area contributed by atoms with Crippen LogP contribution in [0.25, 0.3) is 0 Å². The van der Waals surface area contributed by atoms with Crippen LogP contribution in [-0.2, 0) is 13.0 Å². The molecule has 0 bridgehead atoms. The highest BCUT2D eigenvalue weighted by Crippen LogP contribution is 2.32. The van der Waals surface area contributed by atoms with Crippen LogP contribution in [0.2, 0.25) is 0 Å².